The van der Waals surface area contributed by atoms with Gasteiger partial charge in [0, 0.05) is 24.6 Å². The van der Waals surface area contributed by atoms with E-state index in [1.165, 1.54) is 12.0 Å². The van der Waals surface area contributed by atoms with Crippen LogP contribution in [0.5, 0.6) is 5.75 Å². The standard InChI is InChI=1S/C17H24N2O4/c1-12(19-9-7-13(8-10-19)17(21)23-3)16(20)18-14-5-4-6-15(11-14)22-2/h4-6,11-13H,7-10H2,1-3H3,(H,18,20)/p+1/t12-/m1/s1. The molecule has 0 aliphatic carbocycles. The van der Waals surface area contributed by atoms with Crippen molar-refractivity contribution >= 4 is 17.6 Å². The molecule has 1 saturated heterocycles. The monoisotopic (exact) mass is 321 g/mol. The maximum atomic E-state index is 12.4. The van der Waals surface area contributed by atoms with Crippen molar-refractivity contribution < 1.29 is 24.0 Å². The molecule has 1 fully saturated rings. The Hall–Kier alpha value is -2.08. The summed E-state index contributed by atoms with van der Waals surface area (Å²) in [4.78, 5) is 25.2. The Balaban J connectivity index is 1.89. The van der Waals surface area contributed by atoms with Gasteiger partial charge in [-0.2, -0.15) is 0 Å². The van der Waals surface area contributed by atoms with E-state index in [-0.39, 0.29) is 23.8 Å². The summed E-state index contributed by atoms with van der Waals surface area (Å²) in [6, 6.07) is 7.14. The van der Waals surface area contributed by atoms with Gasteiger partial charge in [0.1, 0.15) is 5.75 Å². The van der Waals surface area contributed by atoms with E-state index in [9.17, 15) is 9.59 Å². The van der Waals surface area contributed by atoms with Crippen molar-refractivity contribution in [2.45, 2.75) is 25.8 Å². The molecule has 0 unspecified atom stereocenters. The highest BCUT2D eigenvalue weighted by molar-refractivity contribution is 5.93. The van der Waals surface area contributed by atoms with E-state index >= 15 is 0 Å². The van der Waals surface area contributed by atoms with Gasteiger partial charge in [-0.25, -0.2) is 0 Å². The lowest BCUT2D eigenvalue weighted by molar-refractivity contribution is -0.919. The van der Waals surface area contributed by atoms with Gasteiger partial charge >= 0.3 is 5.97 Å². The fraction of sp³-hybridized carbons (Fsp3) is 0.529. The summed E-state index contributed by atoms with van der Waals surface area (Å²) in [5.74, 6) is 0.515. The van der Waals surface area contributed by atoms with E-state index in [1.54, 1.807) is 13.2 Å². The number of anilines is 1. The second-order valence-electron chi connectivity index (χ2n) is 5.90. The third-order valence-corrected chi connectivity index (χ3v) is 4.51. The molecule has 2 N–H and O–H groups in total. The average Bonchev–Trinajstić information content (AvgIpc) is 2.60. The number of amides is 1. The van der Waals surface area contributed by atoms with Crippen LogP contribution in [0.1, 0.15) is 19.8 Å². The molecule has 1 aromatic carbocycles. The van der Waals surface area contributed by atoms with Crippen molar-refractivity contribution in [3.05, 3.63) is 24.3 Å². The van der Waals surface area contributed by atoms with Crippen LogP contribution in [-0.2, 0) is 14.3 Å². The molecule has 1 heterocycles. The first-order valence-corrected chi connectivity index (χ1v) is 7.92. The summed E-state index contributed by atoms with van der Waals surface area (Å²) in [6.45, 7) is 3.52. The number of hydrogen-bond donors (Lipinski definition) is 2. The number of carbonyl (C=O) groups is 2. The number of ether oxygens (including phenoxy) is 2. The zero-order valence-corrected chi connectivity index (χ0v) is 13.9. The summed E-state index contributed by atoms with van der Waals surface area (Å²) in [7, 11) is 3.02. The van der Waals surface area contributed by atoms with Crippen LogP contribution in [0.4, 0.5) is 5.69 Å². The Kier molecular flexibility index (Phi) is 5.98. The number of benzene rings is 1. The molecular formula is C17H25N2O4+. The highest BCUT2D eigenvalue weighted by Crippen LogP contribution is 2.17. The quantitative estimate of drug-likeness (QED) is 0.775. The van der Waals surface area contributed by atoms with Gasteiger partial charge in [-0.05, 0) is 19.1 Å². The Morgan fingerprint density at radius 3 is 2.57 bits per heavy atom. The van der Waals surface area contributed by atoms with Crippen molar-refractivity contribution in [3.63, 3.8) is 0 Å². The third kappa shape index (κ3) is 4.45. The van der Waals surface area contributed by atoms with E-state index in [1.807, 2.05) is 25.1 Å². The molecule has 6 nitrogen and oxygen atoms in total. The number of rotatable bonds is 5. The Morgan fingerprint density at radius 1 is 1.26 bits per heavy atom. The molecule has 6 heteroatoms. The van der Waals surface area contributed by atoms with Gasteiger partial charge in [0.15, 0.2) is 6.04 Å². The van der Waals surface area contributed by atoms with Crippen LogP contribution >= 0.6 is 0 Å². The molecule has 2 rings (SSSR count). The lowest BCUT2D eigenvalue weighted by Gasteiger charge is -2.31. The molecule has 0 aromatic heterocycles. The number of methoxy groups -OCH3 is 2. The van der Waals surface area contributed by atoms with Crippen LogP contribution in [0.25, 0.3) is 0 Å². The number of likely N-dealkylation sites (tertiary alicyclic amines) is 1. The Bertz CT molecular complexity index is 553. The van der Waals surface area contributed by atoms with Crippen molar-refractivity contribution in [1.82, 2.24) is 0 Å². The maximum Gasteiger partial charge on any atom is 0.309 e. The highest BCUT2D eigenvalue weighted by Gasteiger charge is 2.33. The smallest absolute Gasteiger partial charge is 0.309 e. The van der Waals surface area contributed by atoms with Gasteiger partial charge in [0.05, 0.1) is 33.2 Å². The summed E-state index contributed by atoms with van der Waals surface area (Å²) < 4.78 is 9.95. The summed E-state index contributed by atoms with van der Waals surface area (Å²) >= 11 is 0. The minimum absolute atomic E-state index is 0.0234. The molecule has 23 heavy (non-hydrogen) atoms. The average molecular weight is 321 g/mol. The van der Waals surface area contributed by atoms with Crippen LogP contribution in [-0.4, -0.2) is 45.2 Å². The topological polar surface area (TPSA) is 69.1 Å². The molecule has 0 spiro atoms. The zero-order valence-electron chi connectivity index (χ0n) is 13.9. The van der Waals surface area contributed by atoms with E-state index < -0.39 is 0 Å². The molecule has 1 atom stereocenters. The van der Waals surface area contributed by atoms with Gasteiger partial charge in [0.2, 0.25) is 0 Å². The lowest BCUT2D eigenvalue weighted by Crippen LogP contribution is -3.17. The van der Waals surface area contributed by atoms with Crippen molar-refractivity contribution in [3.8, 4) is 5.75 Å². The number of hydrogen-bond acceptors (Lipinski definition) is 4. The SMILES string of the molecule is COC(=O)C1CC[NH+]([C@H](C)C(=O)Nc2cccc(OC)c2)CC1. The first-order chi connectivity index (χ1) is 11.0. The van der Waals surface area contributed by atoms with E-state index in [0.29, 0.717) is 5.75 Å². The predicted molar refractivity (Wildman–Crippen MR) is 86.5 cm³/mol. The van der Waals surface area contributed by atoms with Gasteiger partial charge in [0.25, 0.3) is 5.91 Å². The largest absolute Gasteiger partial charge is 0.497 e. The number of piperidine rings is 1. The maximum absolute atomic E-state index is 12.4. The van der Waals surface area contributed by atoms with Crippen LogP contribution in [0.2, 0.25) is 0 Å². The molecule has 1 aliphatic heterocycles. The zero-order chi connectivity index (χ0) is 16.8. The normalized spacial score (nSPS) is 22.0. The first kappa shape index (κ1) is 17.3. The highest BCUT2D eigenvalue weighted by atomic mass is 16.5. The van der Waals surface area contributed by atoms with Crippen LogP contribution in [0.15, 0.2) is 24.3 Å². The van der Waals surface area contributed by atoms with Crippen molar-refractivity contribution in [1.29, 1.82) is 0 Å². The second-order valence-corrected chi connectivity index (χ2v) is 5.90. The fourth-order valence-corrected chi connectivity index (χ4v) is 2.96. The molecule has 0 radical (unpaired) electrons. The van der Waals surface area contributed by atoms with E-state index in [0.717, 1.165) is 31.6 Å². The fourth-order valence-electron chi connectivity index (χ4n) is 2.96. The van der Waals surface area contributed by atoms with Crippen LogP contribution < -0.4 is 15.0 Å². The number of nitrogens with one attached hydrogen (secondary N) is 2. The molecule has 126 valence electrons. The molecule has 1 aromatic rings. The molecule has 0 saturated carbocycles. The number of carbonyl (C=O) groups excluding carboxylic acids is 2. The molecule has 1 aliphatic rings. The number of quaternary nitrogens is 1. The van der Waals surface area contributed by atoms with Crippen LogP contribution in [0, 0.1) is 5.92 Å². The van der Waals surface area contributed by atoms with Crippen molar-refractivity contribution in [2.75, 3.05) is 32.6 Å². The van der Waals surface area contributed by atoms with E-state index in [2.05, 4.69) is 5.32 Å². The summed E-state index contributed by atoms with van der Waals surface area (Å²) in [5.41, 5.74) is 0.727. The third-order valence-electron chi connectivity index (χ3n) is 4.51. The number of esters is 1. The van der Waals surface area contributed by atoms with Gasteiger partial charge < -0.3 is 19.7 Å². The first-order valence-electron chi connectivity index (χ1n) is 7.92. The summed E-state index contributed by atoms with van der Waals surface area (Å²) in [5, 5.41) is 2.93. The van der Waals surface area contributed by atoms with Gasteiger partial charge in [-0.15, -0.1) is 0 Å². The Labute approximate surface area is 136 Å². The molecular weight excluding hydrogens is 296 g/mol. The Morgan fingerprint density at radius 2 is 1.96 bits per heavy atom. The predicted octanol–water partition coefficient (Wildman–Crippen LogP) is 0.490. The van der Waals surface area contributed by atoms with E-state index in [4.69, 9.17) is 9.47 Å². The van der Waals surface area contributed by atoms with Crippen molar-refractivity contribution in [2.24, 2.45) is 5.92 Å². The second kappa shape index (κ2) is 7.97. The lowest BCUT2D eigenvalue weighted by atomic mass is 9.96. The molecule has 1 amide bonds. The minimum Gasteiger partial charge on any atom is -0.497 e. The summed E-state index contributed by atoms with van der Waals surface area (Å²) in [6.07, 6.45) is 1.53. The molecule has 0 bridgehead atoms. The van der Waals surface area contributed by atoms with Gasteiger partial charge in [-0.1, -0.05) is 6.07 Å². The minimum atomic E-state index is -0.167. The van der Waals surface area contributed by atoms with Crippen LogP contribution in [0.3, 0.4) is 0 Å². The van der Waals surface area contributed by atoms with Gasteiger partial charge in [-0.3, -0.25) is 9.59 Å².